The molecule has 0 saturated heterocycles. The van der Waals surface area contributed by atoms with Crippen molar-refractivity contribution in [2.24, 2.45) is 0 Å². The minimum absolute atomic E-state index is 0.0408. The molecule has 2 nitrogen and oxygen atoms in total. The Balaban J connectivity index is 3.20. The number of nitrogens with one attached hydrogen (secondary N) is 1. The van der Waals surface area contributed by atoms with Crippen LogP contribution in [0.15, 0.2) is 0 Å². The van der Waals surface area contributed by atoms with Crippen molar-refractivity contribution in [2.75, 3.05) is 18.6 Å². The lowest BCUT2D eigenvalue weighted by Crippen LogP contribution is -2.23. The average molecular weight is 158 g/mol. The fraction of sp³-hybridized carbons (Fsp3) is 0.857. The molecule has 0 rings (SSSR count). The lowest BCUT2D eigenvalue weighted by molar-refractivity contribution is 0.663. The Morgan fingerprint density at radius 2 is 2.40 bits per heavy atom. The molecule has 58 valence electrons. The third-order valence-electron chi connectivity index (χ3n) is 1.26. The third kappa shape index (κ3) is 4.66. The van der Waals surface area contributed by atoms with E-state index in [0.29, 0.717) is 0 Å². The molecule has 0 spiro atoms. The molecule has 1 atom stereocenters. The Morgan fingerprint density at radius 1 is 1.70 bits per heavy atom. The van der Waals surface area contributed by atoms with E-state index in [-0.39, 0.29) is 6.04 Å². The maximum Gasteiger partial charge on any atom is 0.0958 e. The van der Waals surface area contributed by atoms with Crippen LogP contribution in [0, 0.1) is 11.3 Å². The van der Waals surface area contributed by atoms with E-state index in [0.717, 1.165) is 17.9 Å². The first-order valence-corrected chi connectivity index (χ1v) is 4.65. The summed E-state index contributed by atoms with van der Waals surface area (Å²) in [5, 5.41) is 11.4. The summed E-state index contributed by atoms with van der Waals surface area (Å²) in [5.41, 5.74) is 0. The van der Waals surface area contributed by atoms with Crippen LogP contribution in [-0.4, -0.2) is 24.6 Å². The molecule has 1 unspecified atom stereocenters. The number of thioether (sulfide) groups is 1. The van der Waals surface area contributed by atoms with Crippen LogP contribution in [-0.2, 0) is 0 Å². The van der Waals surface area contributed by atoms with Gasteiger partial charge in [-0.1, -0.05) is 6.92 Å². The molecule has 0 aliphatic heterocycles. The number of hydrogen-bond acceptors (Lipinski definition) is 3. The maximum absolute atomic E-state index is 8.50. The molecule has 0 aliphatic carbocycles. The Bertz CT molecular complexity index is 109. The highest BCUT2D eigenvalue weighted by molar-refractivity contribution is 7.99. The van der Waals surface area contributed by atoms with Gasteiger partial charge in [-0.25, -0.2) is 0 Å². The lowest BCUT2D eigenvalue weighted by atomic mass is 10.3. The van der Waals surface area contributed by atoms with Crippen LogP contribution in [0.25, 0.3) is 0 Å². The number of nitriles is 1. The molecule has 0 amide bonds. The van der Waals surface area contributed by atoms with E-state index in [2.05, 4.69) is 18.3 Å². The highest BCUT2D eigenvalue weighted by Gasteiger charge is 2.01. The van der Waals surface area contributed by atoms with E-state index in [4.69, 9.17) is 5.26 Å². The van der Waals surface area contributed by atoms with Crippen LogP contribution in [0.3, 0.4) is 0 Å². The summed E-state index contributed by atoms with van der Waals surface area (Å²) in [7, 11) is 1.82. The molecule has 0 heterocycles. The second-order valence-electron chi connectivity index (χ2n) is 1.96. The van der Waals surface area contributed by atoms with Gasteiger partial charge in [-0.2, -0.15) is 17.0 Å². The van der Waals surface area contributed by atoms with Gasteiger partial charge in [0.05, 0.1) is 12.1 Å². The summed E-state index contributed by atoms with van der Waals surface area (Å²) in [6.45, 7) is 2.13. The van der Waals surface area contributed by atoms with Gasteiger partial charge in [-0.15, -0.1) is 0 Å². The molecule has 0 saturated carbocycles. The molecule has 0 aromatic carbocycles. The minimum atomic E-state index is 0.0408. The molecule has 3 heteroatoms. The summed E-state index contributed by atoms with van der Waals surface area (Å²) >= 11 is 1.88. The fourth-order valence-electron chi connectivity index (χ4n) is 0.619. The van der Waals surface area contributed by atoms with Crippen LogP contribution in [0.2, 0.25) is 0 Å². The Labute approximate surface area is 67.0 Å². The van der Waals surface area contributed by atoms with E-state index >= 15 is 0 Å². The molecular weight excluding hydrogens is 144 g/mol. The Morgan fingerprint density at radius 3 is 2.80 bits per heavy atom. The highest BCUT2D eigenvalue weighted by atomic mass is 32.2. The molecule has 0 bridgehead atoms. The Kier molecular flexibility index (Phi) is 6.78. The largest absolute Gasteiger partial charge is 0.305 e. The zero-order chi connectivity index (χ0) is 7.82. The van der Waals surface area contributed by atoms with Gasteiger partial charge in [0.2, 0.25) is 0 Å². The van der Waals surface area contributed by atoms with Gasteiger partial charge in [0.25, 0.3) is 0 Å². The van der Waals surface area contributed by atoms with Crippen molar-refractivity contribution >= 4 is 11.8 Å². The summed E-state index contributed by atoms with van der Waals surface area (Å²) in [6, 6.07) is 2.23. The molecule has 0 aromatic heterocycles. The van der Waals surface area contributed by atoms with Gasteiger partial charge in [0, 0.05) is 0 Å². The van der Waals surface area contributed by atoms with Gasteiger partial charge < -0.3 is 5.32 Å². The first-order valence-electron chi connectivity index (χ1n) is 3.49. The van der Waals surface area contributed by atoms with Crippen molar-refractivity contribution in [3.63, 3.8) is 0 Å². The minimum Gasteiger partial charge on any atom is -0.305 e. The summed E-state index contributed by atoms with van der Waals surface area (Å²) in [6.07, 6.45) is 0.950. The summed E-state index contributed by atoms with van der Waals surface area (Å²) in [5.74, 6) is 2.22. The van der Waals surface area contributed by atoms with Crippen molar-refractivity contribution in [1.82, 2.24) is 5.32 Å². The van der Waals surface area contributed by atoms with Gasteiger partial charge in [-0.3, -0.25) is 0 Å². The predicted molar refractivity (Wildman–Crippen MR) is 46.1 cm³/mol. The van der Waals surface area contributed by atoms with E-state index in [1.54, 1.807) is 0 Å². The second-order valence-corrected chi connectivity index (χ2v) is 3.35. The van der Waals surface area contributed by atoms with Crippen LogP contribution in [0.5, 0.6) is 0 Å². The molecular formula is C7H14N2S. The zero-order valence-electron chi connectivity index (χ0n) is 6.55. The van der Waals surface area contributed by atoms with Crippen molar-refractivity contribution in [3.05, 3.63) is 0 Å². The van der Waals surface area contributed by atoms with Crippen LogP contribution in [0.1, 0.15) is 13.3 Å². The molecule has 0 aromatic rings. The van der Waals surface area contributed by atoms with Crippen molar-refractivity contribution in [3.8, 4) is 6.07 Å². The SMILES string of the molecule is CCSCCC(C#N)NC. The van der Waals surface area contributed by atoms with Crippen molar-refractivity contribution < 1.29 is 0 Å². The lowest BCUT2D eigenvalue weighted by Gasteiger charge is -2.04. The third-order valence-corrected chi connectivity index (χ3v) is 2.19. The van der Waals surface area contributed by atoms with E-state index < -0.39 is 0 Å². The normalized spacial score (nSPS) is 12.5. The Hall–Kier alpha value is -0.200. The average Bonchev–Trinajstić information content (AvgIpc) is 1.99. The molecule has 10 heavy (non-hydrogen) atoms. The van der Waals surface area contributed by atoms with Crippen molar-refractivity contribution in [2.45, 2.75) is 19.4 Å². The quantitative estimate of drug-likeness (QED) is 0.611. The van der Waals surface area contributed by atoms with Crippen LogP contribution < -0.4 is 5.32 Å². The highest BCUT2D eigenvalue weighted by Crippen LogP contribution is 2.02. The molecule has 0 fully saturated rings. The zero-order valence-corrected chi connectivity index (χ0v) is 7.37. The van der Waals surface area contributed by atoms with Gasteiger partial charge in [-0.05, 0) is 25.0 Å². The first kappa shape index (κ1) is 9.80. The summed E-state index contributed by atoms with van der Waals surface area (Å²) in [4.78, 5) is 0. The predicted octanol–water partition coefficient (Wildman–Crippen LogP) is 1.24. The second kappa shape index (κ2) is 6.91. The van der Waals surface area contributed by atoms with E-state index in [9.17, 15) is 0 Å². The topological polar surface area (TPSA) is 35.8 Å². The van der Waals surface area contributed by atoms with Gasteiger partial charge in [0.15, 0.2) is 0 Å². The smallest absolute Gasteiger partial charge is 0.0958 e. The molecule has 1 N–H and O–H groups in total. The number of hydrogen-bond donors (Lipinski definition) is 1. The van der Waals surface area contributed by atoms with Gasteiger partial charge in [0.1, 0.15) is 0 Å². The molecule has 0 radical (unpaired) electrons. The van der Waals surface area contributed by atoms with Gasteiger partial charge >= 0.3 is 0 Å². The van der Waals surface area contributed by atoms with Crippen LogP contribution in [0.4, 0.5) is 0 Å². The van der Waals surface area contributed by atoms with Crippen molar-refractivity contribution in [1.29, 1.82) is 5.26 Å². The maximum atomic E-state index is 8.50. The number of rotatable bonds is 5. The fourth-order valence-corrected chi connectivity index (χ4v) is 1.31. The summed E-state index contributed by atoms with van der Waals surface area (Å²) < 4.78 is 0. The van der Waals surface area contributed by atoms with Crippen LogP contribution >= 0.6 is 11.8 Å². The monoisotopic (exact) mass is 158 g/mol. The standard InChI is InChI=1S/C7H14N2S/c1-3-10-5-4-7(6-8)9-2/h7,9H,3-5H2,1-2H3. The first-order chi connectivity index (χ1) is 4.85. The van der Waals surface area contributed by atoms with E-state index in [1.165, 1.54) is 0 Å². The molecule has 0 aliphatic rings. The van der Waals surface area contributed by atoms with E-state index in [1.807, 2.05) is 18.8 Å². The number of nitrogens with zero attached hydrogens (tertiary/aromatic N) is 1.